The van der Waals surface area contributed by atoms with Gasteiger partial charge in [0.2, 0.25) is 0 Å². The standard InChI is InChI=1S/C110H78N8/c1-68-37-49-101-85(57-68)81-29-15-19-33-97(81)115(101)99-35-21-17-31-83(99)91-64-80(47-55-107(91)116-98-34-20-16-30-82(98)86-58-69(2)38-50-102(86)116)110-113-95(77-27-13-8-14-28-77)67-96(114-110)78-45-42-73(43-46-78)62-74-44-54-106-90(63-74)89-61-72(5)41-53-105(89)118(106)108-56-48-79(109-111-93(75-23-9-6-10-24-75)66-94(112-109)76-25-11-7-12-26-76)65-92(108)84-32-18-22-36-100(84)117-103-51-39-70(3)59-87(103)88-60-71(4)40-52-104(88)117/h6-61,63-67H,62H2,1-5H3. The van der Waals surface area contributed by atoms with E-state index in [0.717, 1.165) is 145 Å². The number of nitrogens with zero attached hydrogens (tertiary/aromatic N) is 8. The second kappa shape index (κ2) is 28.2. The second-order valence-electron chi connectivity index (χ2n) is 31.7. The number of fused-ring (bicyclic) bond motifs is 12. The predicted molar refractivity (Wildman–Crippen MR) is 491 cm³/mol. The summed E-state index contributed by atoms with van der Waals surface area (Å²) in [5.74, 6) is 1.29. The fourth-order valence-electron chi connectivity index (χ4n) is 18.3. The minimum atomic E-state index is 0.638. The highest BCUT2D eigenvalue weighted by Gasteiger charge is 2.27. The first-order valence-electron chi connectivity index (χ1n) is 40.6. The van der Waals surface area contributed by atoms with E-state index in [0.29, 0.717) is 18.1 Å². The van der Waals surface area contributed by atoms with Crippen LogP contribution in [-0.2, 0) is 6.42 Å². The highest BCUT2D eigenvalue weighted by Crippen LogP contribution is 2.47. The van der Waals surface area contributed by atoms with Gasteiger partial charge in [-0.3, -0.25) is 0 Å². The number of hydrogen-bond donors (Lipinski definition) is 0. The molecular weight excluding hydrogens is 1430 g/mol. The van der Waals surface area contributed by atoms with Crippen LogP contribution in [-0.4, -0.2) is 38.2 Å². The van der Waals surface area contributed by atoms with E-state index in [9.17, 15) is 0 Å². The summed E-state index contributed by atoms with van der Waals surface area (Å²) in [5, 5.41) is 9.71. The minimum Gasteiger partial charge on any atom is -0.309 e. The van der Waals surface area contributed by atoms with Gasteiger partial charge in [0.25, 0.3) is 0 Å². The molecule has 6 heterocycles. The van der Waals surface area contributed by atoms with Crippen molar-refractivity contribution in [1.82, 2.24) is 38.2 Å². The molecule has 0 saturated carbocycles. The molecule has 22 rings (SSSR count). The predicted octanol–water partition coefficient (Wildman–Crippen LogP) is 28.1. The van der Waals surface area contributed by atoms with Crippen molar-refractivity contribution in [3.63, 3.8) is 0 Å². The van der Waals surface area contributed by atoms with Crippen molar-refractivity contribution in [2.75, 3.05) is 0 Å². The molecule has 0 aliphatic heterocycles. The molecule has 0 saturated heterocycles. The molecular formula is C110H78N8. The Morgan fingerprint density at radius 3 is 0.831 bits per heavy atom. The van der Waals surface area contributed by atoms with Gasteiger partial charge in [0.15, 0.2) is 11.6 Å². The van der Waals surface area contributed by atoms with Crippen LogP contribution >= 0.6 is 0 Å². The van der Waals surface area contributed by atoms with E-state index in [-0.39, 0.29) is 0 Å². The second-order valence-corrected chi connectivity index (χ2v) is 31.7. The lowest BCUT2D eigenvalue weighted by Gasteiger charge is -2.20. The van der Waals surface area contributed by atoms with Gasteiger partial charge in [-0.2, -0.15) is 0 Å². The third-order valence-electron chi connectivity index (χ3n) is 23.9. The Labute approximate surface area is 683 Å². The van der Waals surface area contributed by atoms with Gasteiger partial charge in [-0.25, -0.2) is 19.9 Å². The largest absolute Gasteiger partial charge is 0.309 e. The Morgan fingerprint density at radius 1 is 0.186 bits per heavy atom. The first kappa shape index (κ1) is 69.6. The molecule has 0 spiro atoms. The van der Waals surface area contributed by atoms with E-state index in [1.165, 1.54) is 82.0 Å². The Morgan fingerprint density at radius 2 is 0.458 bits per heavy atom. The van der Waals surface area contributed by atoms with Crippen LogP contribution in [0, 0.1) is 34.6 Å². The number of rotatable bonds is 14. The molecule has 8 nitrogen and oxygen atoms in total. The fraction of sp³-hybridized carbons (Fsp3) is 0.0545. The van der Waals surface area contributed by atoms with Crippen molar-refractivity contribution in [1.29, 1.82) is 0 Å². The topological polar surface area (TPSA) is 71.3 Å². The molecule has 0 aliphatic rings. The number of benzene rings is 16. The van der Waals surface area contributed by atoms with Crippen molar-refractivity contribution >= 4 is 87.2 Å². The smallest absolute Gasteiger partial charge is 0.160 e. The zero-order chi connectivity index (χ0) is 78.8. The Hall–Kier alpha value is -15.1. The molecule has 0 fully saturated rings. The molecule has 0 atom stereocenters. The molecule has 0 aliphatic carbocycles. The monoisotopic (exact) mass is 1510 g/mol. The van der Waals surface area contributed by atoms with Crippen molar-refractivity contribution in [3.8, 4) is 113 Å². The molecule has 22 aromatic rings. The summed E-state index contributed by atoms with van der Waals surface area (Å²) < 4.78 is 9.86. The van der Waals surface area contributed by atoms with E-state index < -0.39 is 0 Å². The summed E-state index contributed by atoms with van der Waals surface area (Å²) in [4.78, 5) is 22.0. The summed E-state index contributed by atoms with van der Waals surface area (Å²) in [7, 11) is 0. The van der Waals surface area contributed by atoms with Crippen molar-refractivity contribution in [2.45, 2.75) is 41.0 Å². The van der Waals surface area contributed by atoms with E-state index in [1.807, 2.05) is 0 Å². The number of aryl methyl sites for hydroxylation is 5. The van der Waals surface area contributed by atoms with Gasteiger partial charge in [-0.15, -0.1) is 0 Å². The third-order valence-corrected chi connectivity index (χ3v) is 23.9. The van der Waals surface area contributed by atoms with Crippen LogP contribution in [0.5, 0.6) is 0 Å². The van der Waals surface area contributed by atoms with Crippen molar-refractivity contribution < 1.29 is 0 Å². The quantitative estimate of drug-likeness (QED) is 0.109. The zero-order valence-electron chi connectivity index (χ0n) is 66.0. The molecule has 0 amide bonds. The Kier molecular flexibility index (Phi) is 16.6. The van der Waals surface area contributed by atoms with E-state index in [2.05, 4.69) is 423 Å². The average Bonchev–Trinajstić information content (AvgIpc) is 1.57. The van der Waals surface area contributed by atoms with Crippen LogP contribution in [0.25, 0.3) is 200 Å². The van der Waals surface area contributed by atoms with Gasteiger partial charge >= 0.3 is 0 Å². The molecule has 558 valence electrons. The third kappa shape index (κ3) is 11.9. The van der Waals surface area contributed by atoms with Gasteiger partial charge in [0.1, 0.15) is 0 Å². The molecule has 6 aromatic heterocycles. The number of hydrogen-bond acceptors (Lipinski definition) is 4. The molecule has 8 heteroatoms. The molecule has 0 N–H and O–H groups in total. The van der Waals surface area contributed by atoms with E-state index in [1.54, 1.807) is 0 Å². The Balaban J connectivity index is 0.668. The summed E-state index contributed by atoms with van der Waals surface area (Å²) in [6.07, 6.45) is 0.716. The average molecular weight is 1510 g/mol. The lowest BCUT2D eigenvalue weighted by atomic mass is 9.97. The molecule has 16 aromatic carbocycles. The zero-order valence-corrected chi connectivity index (χ0v) is 66.0. The summed E-state index contributed by atoms with van der Waals surface area (Å²) in [5.41, 5.74) is 35.5. The van der Waals surface area contributed by atoms with Gasteiger partial charge in [0.05, 0.1) is 89.7 Å². The maximum atomic E-state index is 5.60. The van der Waals surface area contributed by atoms with E-state index >= 15 is 0 Å². The SMILES string of the molecule is Cc1ccc2c(c1)c1ccccc1n2-c1ccccc1-c1cc(-c2nc(-c3ccccc3)cc(-c3ccc(Cc4ccc5c(c4)c4cc(C)ccc4n5-c4ccc(-c5nc(-c6ccccc6)cc(-c6ccccc6)n5)cc4-c4ccccc4-n4c5ccc(C)cc5c5cc(C)ccc54)cc3)n2)ccc1-n1c2ccccc2c2cc(C)ccc21. The van der Waals surface area contributed by atoms with Crippen LogP contribution < -0.4 is 0 Å². The van der Waals surface area contributed by atoms with Crippen molar-refractivity contribution in [2.24, 2.45) is 0 Å². The van der Waals surface area contributed by atoms with Crippen LogP contribution in [0.1, 0.15) is 38.9 Å². The number of para-hydroxylation sites is 4. The van der Waals surface area contributed by atoms with Crippen molar-refractivity contribution in [3.05, 3.63) is 409 Å². The molecule has 118 heavy (non-hydrogen) atoms. The lowest BCUT2D eigenvalue weighted by Crippen LogP contribution is -2.03. The van der Waals surface area contributed by atoms with Gasteiger partial charge in [0, 0.05) is 98.7 Å². The lowest BCUT2D eigenvalue weighted by molar-refractivity contribution is 1.15. The highest BCUT2D eigenvalue weighted by molar-refractivity contribution is 6.14. The maximum Gasteiger partial charge on any atom is 0.160 e. The summed E-state index contributed by atoms with van der Waals surface area (Å²) >= 11 is 0. The minimum absolute atomic E-state index is 0.638. The van der Waals surface area contributed by atoms with Gasteiger partial charge in [-0.05, 0) is 198 Å². The van der Waals surface area contributed by atoms with Crippen LogP contribution in [0.3, 0.4) is 0 Å². The van der Waals surface area contributed by atoms with Crippen LogP contribution in [0.2, 0.25) is 0 Å². The maximum absolute atomic E-state index is 5.60. The first-order chi connectivity index (χ1) is 58.0. The van der Waals surface area contributed by atoms with Crippen LogP contribution in [0.15, 0.2) is 370 Å². The molecule has 0 radical (unpaired) electrons. The molecule has 0 bridgehead atoms. The number of aromatic nitrogens is 8. The fourth-order valence-corrected chi connectivity index (χ4v) is 18.3. The summed E-state index contributed by atoms with van der Waals surface area (Å²) in [6.45, 7) is 10.9. The normalized spacial score (nSPS) is 11.8. The first-order valence-corrected chi connectivity index (χ1v) is 40.6. The van der Waals surface area contributed by atoms with E-state index in [4.69, 9.17) is 19.9 Å². The van der Waals surface area contributed by atoms with Gasteiger partial charge < -0.3 is 18.3 Å². The molecule has 0 unspecified atom stereocenters. The van der Waals surface area contributed by atoms with Crippen LogP contribution in [0.4, 0.5) is 0 Å². The Bertz CT molecular complexity index is 7700. The highest BCUT2D eigenvalue weighted by atomic mass is 15.0. The summed E-state index contributed by atoms with van der Waals surface area (Å²) in [6, 6.07) is 135. The van der Waals surface area contributed by atoms with Gasteiger partial charge in [-0.1, -0.05) is 252 Å².